The Morgan fingerprint density at radius 3 is 2.50 bits per heavy atom. The van der Waals surface area contributed by atoms with Gasteiger partial charge >= 0.3 is 12.1 Å². The van der Waals surface area contributed by atoms with Crippen LogP contribution in [0.1, 0.15) is 13.3 Å². The largest absolute Gasteiger partial charge is 0.478 e. The van der Waals surface area contributed by atoms with Crippen molar-refractivity contribution in [3.05, 3.63) is 36.4 Å². The maximum absolute atomic E-state index is 11.6. The van der Waals surface area contributed by atoms with Gasteiger partial charge in [0.2, 0.25) is 0 Å². The van der Waals surface area contributed by atoms with E-state index in [1.807, 2.05) is 18.4 Å². The lowest BCUT2D eigenvalue weighted by Crippen LogP contribution is -2.21. The number of rotatable bonds is 6. The summed E-state index contributed by atoms with van der Waals surface area (Å²) in [6.07, 6.45) is 0.888. The number of amides is 1. The van der Waals surface area contributed by atoms with Gasteiger partial charge in [-0.15, -0.1) is 11.8 Å². The SMILES string of the molecule is C=C(CC(C)OC(=O)Nc1ccc(SC)cc1)C(=O)O. The van der Waals surface area contributed by atoms with Crippen molar-refractivity contribution in [3.63, 3.8) is 0 Å². The second-order valence-electron chi connectivity index (χ2n) is 4.18. The molecule has 1 unspecified atom stereocenters. The molecule has 0 bridgehead atoms. The summed E-state index contributed by atoms with van der Waals surface area (Å²) in [5.41, 5.74) is 0.631. The number of nitrogens with one attached hydrogen (secondary N) is 1. The molecule has 0 spiro atoms. The molecule has 0 saturated heterocycles. The Morgan fingerprint density at radius 2 is 2.00 bits per heavy atom. The second-order valence-corrected chi connectivity index (χ2v) is 5.06. The fourth-order valence-corrected chi connectivity index (χ4v) is 1.89. The number of aliphatic carboxylic acids is 1. The second kappa shape index (κ2) is 7.59. The van der Waals surface area contributed by atoms with Crippen LogP contribution in [-0.4, -0.2) is 29.5 Å². The van der Waals surface area contributed by atoms with Crippen LogP contribution in [0.25, 0.3) is 0 Å². The molecule has 0 saturated carbocycles. The summed E-state index contributed by atoms with van der Waals surface area (Å²) >= 11 is 1.61. The zero-order valence-electron chi connectivity index (χ0n) is 11.4. The minimum absolute atomic E-state index is 0.00891. The highest BCUT2D eigenvalue weighted by Crippen LogP contribution is 2.17. The van der Waals surface area contributed by atoms with Crippen molar-refractivity contribution in [2.24, 2.45) is 0 Å². The fourth-order valence-electron chi connectivity index (χ4n) is 1.48. The van der Waals surface area contributed by atoms with E-state index in [0.29, 0.717) is 5.69 Å². The first-order chi connectivity index (χ1) is 9.42. The van der Waals surface area contributed by atoms with Crippen LogP contribution in [0.2, 0.25) is 0 Å². The molecule has 0 heterocycles. The first kappa shape index (κ1) is 16.1. The molecule has 0 aliphatic rings. The van der Waals surface area contributed by atoms with Crippen molar-refractivity contribution in [3.8, 4) is 0 Å². The third-order valence-corrected chi connectivity index (χ3v) is 3.22. The molecule has 0 fully saturated rings. The van der Waals surface area contributed by atoms with E-state index in [4.69, 9.17) is 9.84 Å². The number of carbonyl (C=O) groups excluding carboxylic acids is 1. The van der Waals surface area contributed by atoms with Crippen LogP contribution < -0.4 is 5.32 Å². The Kier molecular flexibility index (Phi) is 6.11. The van der Waals surface area contributed by atoms with Gasteiger partial charge in [-0.1, -0.05) is 6.58 Å². The molecule has 1 rings (SSSR count). The molecule has 1 amide bonds. The van der Waals surface area contributed by atoms with Crippen LogP contribution in [-0.2, 0) is 9.53 Å². The lowest BCUT2D eigenvalue weighted by Gasteiger charge is -2.14. The topological polar surface area (TPSA) is 75.6 Å². The Balaban J connectivity index is 2.46. The average molecular weight is 295 g/mol. The molecule has 2 N–H and O–H groups in total. The van der Waals surface area contributed by atoms with Gasteiger partial charge in [0.15, 0.2) is 0 Å². The number of carbonyl (C=O) groups is 2. The number of ether oxygens (including phenoxy) is 1. The van der Waals surface area contributed by atoms with Crippen molar-refractivity contribution in [1.29, 1.82) is 0 Å². The minimum Gasteiger partial charge on any atom is -0.478 e. The van der Waals surface area contributed by atoms with Gasteiger partial charge in [-0.05, 0) is 37.4 Å². The summed E-state index contributed by atoms with van der Waals surface area (Å²) in [4.78, 5) is 23.3. The van der Waals surface area contributed by atoms with Gasteiger partial charge in [0.1, 0.15) is 6.10 Å². The average Bonchev–Trinajstić information content (AvgIpc) is 2.39. The standard InChI is InChI=1S/C14H17NO4S/c1-9(13(16)17)8-10(2)19-14(18)15-11-4-6-12(20-3)7-5-11/h4-7,10H,1,8H2,2-3H3,(H,15,18)(H,16,17). The Hall–Kier alpha value is -1.95. The van der Waals surface area contributed by atoms with E-state index in [1.54, 1.807) is 30.8 Å². The maximum atomic E-state index is 11.6. The lowest BCUT2D eigenvalue weighted by molar-refractivity contribution is -0.133. The van der Waals surface area contributed by atoms with Gasteiger partial charge in [-0.3, -0.25) is 5.32 Å². The molecular weight excluding hydrogens is 278 g/mol. The van der Waals surface area contributed by atoms with Crippen LogP contribution in [0.4, 0.5) is 10.5 Å². The van der Waals surface area contributed by atoms with Crippen molar-refractivity contribution in [1.82, 2.24) is 0 Å². The number of thioether (sulfide) groups is 1. The maximum Gasteiger partial charge on any atom is 0.411 e. The molecule has 5 nitrogen and oxygen atoms in total. The quantitative estimate of drug-likeness (QED) is 0.621. The zero-order chi connectivity index (χ0) is 15.1. The highest BCUT2D eigenvalue weighted by molar-refractivity contribution is 7.98. The van der Waals surface area contributed by atoms with Crippen LogP contribution >= 0.6 is 11.8 Å². The fraction of sp³-hybridized carbons (Fsp3) is 0.286. The Bertz CT molecular complexity index is 498. The summed E-state index contributed by atoms with van der Waals surface area (Å²) in [7, 11) is 0. The van der Waals surface area contributed by atoms with Crippen LogP contribution in [0.3, 0.4) is 0 Å². The zero-order valence-corrected chi connectivity index (χ0v) is 12.2. The van der Waals surface area contributed by atoms with Crippen molar-refractivity contribution < 1.29 is 19.4 Å². The smallest absolute Gasteiger partial charge is 0.411 e. The summed E-state index contributed by atoms with van der Waals surface area (Å²) in [5.74, 6) is -1.09. The summed E-state index contributed by atoms with van der Waals surface area (Å²) < 4.78 is 5.05. The molecule has 1 aromatic rings. The molecule has 1 aromatic carbocycles. The highest BCUT2D eigenvalue weighted by Gasteiger charge is 2.14. The first-order valence-corrected chi connectivity index (χ1v) is 7.17. The number of carboxylic acid groups (broad SMARTS) is 1. The van der Waals surface area contributed by atoms with Gasteiger partial charge < -0.3 is 9.84 Å². The van der Waals surface area contributed by atoms with Gasteiger partial charge in [-0.2, -0.15) is 0 Å². The molecular formula is C14H17NO4S. The number of benzene rings is 1. The van der Waals surface area contributed by atoms with Crippen LogP contribution in [0.5, 0.6) is 0 Å². The molecule has 20 heavy (non-hydrogen) atoms. The van der Waals surface area contributed by atoms with Gasteiger partial charge in [0.25, 0.3) is 0 Å². The van der Waals surface area contributed by atoms with Gasteiger partial charge in [0, 0.05) is 22.6 Å². The van der Waals surface area contributed by atoms with Crippen LogP contribution in [0, 0.1) is 0 Å². The summed E-state index contributed by atoms with van der Waals surface area (Å²) in [6.45, 7) is 5.01. The minimum atomic E-state index is -1.09. The molecule has 0 radical (unpaired) electrons. The number of anilines is 1. The normalized spacial score (nSPS) is 11.5. The Morgan fingerprint density at radius 1 is 1.40 bits per heavy atom. The molecule has 0 aliphatic heterocycles. The lowest BCUT2D eigenvalue weighted by atomic mass is 10.1. The van der Waals surface area contributed by atoms with Crippen molar-refractivity contribution in [2.75, 3.05) is 11.6 Å². The van der Waals surface area contributed by atoms with Crippen LogP contribution in [0.15, 0.2) is 41.3 Å². The molecule has 6 heteroatoms. The number of hydrogen-bond acceptors (Lipinski definition) is 4. The van der Waals surface area contributed by atoms with Gasteiger partial charge in [-0.25, -0.2) is 9.59 Å². The van der Waals surface area contributed by atoms with E-state index >= 15 is 0 Å². The van der Waals surface area contributed by atoms with E-state index in [0.717, 1.165) is 4.90 Å². The van der Waals surface area contributed by atoms with Gasteiger partial charge in [0.05, 0.1) is 0 Å². The number of hydrogen-bond donors (Lipinski definition) is 2. The van der Waals surface area contributed by atoms with Crippen molar-refractivity contribution >= 4 is 29.5 Å². The molecule has 0 aromatic heterocycles. The molecule has 0 aliphatic carbocycles. The molecule has 1 atom stereocenters. The monoisotopic (exact) mass is 295 g/mol. The van der Waals surface area contributed by atoms with E-state index in [-0.39, 0.29) is 12.0 Å². The predicted octanol–water partition coefficient (Wildman–Crippen LogP) is 3.38. The third kappa shape index (κ3) is 5.36. The van der Waals surface area contributed by atoms with E-state index in [2.05, 4.69) is 11.9 Å². The first-order valence-electron chi connectivity index (χ1n) is 5.95. The third-order valence-electron chi connectivity index (χ3n) is 2.48. The van der Waals surface area contributed by atoms with E-state index in [1.165, 1.54) is 0 Å². The summed E-state index contributed by atoms with van der Waals surface area (Å²) in [6, 6.07) is 7.31. The Labute approximate surface area is 122 Å². The highest BCUT2D eigenvalue weighted by atomic mass is 32.2. The molecule has 108 valence electrons. The number of carboxylic acids is 1. The van der Waals surface area contributed by atoms with E-state index in [9.17, 15) is 9.59 Å². The van der Waals surface area contributed by atoms with Crippen molar-refractivity contribution in [2.45, 2.75) is 24.3 Å². The predicted molar refractivity (Wildman–Crippen MR) is 79.2 cm³/mol. The van der Waals surface area contributed by atoms with E-state index < -0.39 is 18.2 Å². The summed E-state index contributed by atoms with van der Waals surface area (Å²) in [5, 5.41) is 11.3.